The molecule has 0 aromatic carbocycles. The lowest BCUT2D eigenvalue weighted by Crippen LogP contribution is -2.41. The summed E-state index contributed by atoms with van der Waals surface area (Å²) in [7, 11) is 4.27. The Hall–Kier alpha value is -1.10. The van der Waals surface area contributed by atoms with Gasteiger partial charge >= 0.3 is 5.97 Å². The maximum Gasteiger partial charge on any atom is 0.305 e. The molecule has 0 heterocycles. The van der Waals surface area contributed by atoms with Crippen LogP contribution in [0, 0.1) is 5.92 Å². The Morgan fingerprint density at radius 2 is 0.746 bits per heavy atom. The van der Waals surface area contributed by atoms with Gasteiger partial charge in [-0.2, -0.15) is 0 Å². The third-order valence-electron chi connectivity index (χ3n) is 13.0. The van der Waals surface area contributed by atoms with Gasteiger partial charge in [-0.15, -0.1) is 0 Å². The molecule has 0 rings (SSSR count). The summed E-state index contributed by atoms with van der Waals surface area (Å²) in [6.07, 6.45) is 51.2. The van der Waals surface area contributed by atoms with Crippen molar-refractivity contribution in [1.29, 1.82) is 0 Å². The number of nitrogens with zero attached hydrogens (tertiary/aromatic N) is 2. The molecule has 0 aromatic rings. The summed E-state index contributed by atoms with van der Waals surface area (Å²) in [5.41, 5.74) is 0. The van der Waals surface area contributed by atoms with E-state index in [1.165, 1.54) is 212 Å². The summed E-state index contributed by atoms with van der Waals surface area (Å²) in [4.78, 5) is 31.1. The van der Waals surface area contributed by atoms with Crippen molar-refractivity contribution < 1.29 is 14.3 Å². The fourth-order valence-corrected chi connectivity index (χ4v) is 8.93. The largest absolute Gasteiger partial charge is 0.465 e. The molecular formula is C54H108N2O3. The predicted molar refractivity (Wildman–Crippen MR) is 260 cm³/mol. The lowest BCUT2D eigenvalue weighted by molar-refractivity contribution is -0.145. The van der Waals surface area contributed by atoms with Crippen molar-refractivity contribution in [1.82, 2.24) is 9.80 Å². The van der Waals surface area contributed by atoms with E-state index in [-0.39, 0.29) is 5.97 Å². The van der Waals surface area contributed by atoms with Crippen molar-refractivity contribution in [2.75, 3.05) is 33.8 Å². The van der Waals surface area contributed by atoms with Crippen molar-refractivity contribution in [2.24, 2.45) is 5.92 Å². The van der Waals surface area contributed by atoms with Crippen molar-refractivity contribution >= 4 is 11.9 Å². The first kappa shape index (κ1) is 57.9. The first-order chi connectivity index (χ1) is 28.9. The second-order valence-electron chi connectivity index (χ2n) is 19.2. The van der Waals surface area contributed by atoms with E-state index in [9.17, 15) is 9.59 Å². The van der Waals surface area contributed by atoms with E-state index in [1.54, 1.807) is 0 Å². The van der Waals surface area contributed by atoms with Gasteiger partial charge in [0.1, 0.15) is 0 Å². The molecule has 0 fully saturated rings. The van der Waals surface area contributed by atoms with Gasteiger partial charge in [0.05, 0.1) is 6.61 Å². The maximum absolute atomic E-state index is 13.9. The Morgan fingerprint density at radius 3 is 1.22 bits per heavy atom. The van der Waals surface area contributed by atoms with Gasteiger partial charge in [-0.1, -0.05) is 227 Å². The average molecular weight is 833 g/mol. The normalized spacial score (nSPS) is 12.7. The number of hydrogen-bond donors (Lipinski definition) is 0. The van der Waals surface area contributed by atoms with Crippen LogP contribution in [0.2, 0.25) is 0 Å². The Balaban J connectivity index is 4.89. The Labute approximate surface area is 371 Å². The summed E-state index contributed by atoms with van der Waals surface area (Å²) in [6.45, 7) is 11.8. The topological polar surface area (TPSA) is 49.9 Å². The van der Waals surface area contributed by atoms with Gasteiger partial charge in [0.15, 0.2) is 0 Å². The maximum atomic E-state index is 13.9. The van der Waals surface area contributed by atoms with Crippen LogP contribution in [0.3, 0.4) is 0 Å². The van der Waals surface area contributed by atoms with E-state index in [2.05, 4.69) is 51.6 Å². The van der Waals surface area contributed by atoms with Crippen LogP contribution >= 0.6 is 0 Å². The molecule has 0 aliphatic rings. The van der Waals surface area contributed by atoms with E-state index >= 15 is 0 Å². The number of rotatable bonds is 48. The van der Waals surface area contributed by atoms with Gasteiger partial charge < -0.3 is 14.5 Å². The van der Waals surface area contributed by atoms with Gasteiger partial charge in [0.25, 0.3) is 0 Å². The molecule has 0 aliphatic heterocycles. The molecule has 2 unspecified atom stereocenters. The fraction of sp³-hybridized carbons (Fsp3) is 0.963. The number of unbranched alkanes of at least 4 members (excludes halogenated alkanes) is 29. The molecule has 0 N–H and O–H groups in total. The van der Waals surface area contributed by atoms with E-state index < -0.39 is 0 Å². The average Bonchev–Trinajstić information content (AvgIpc) is 3.23. The number of esters is 1. The molecule has 0 bridgehead atoms. The first-order valence-corrected chi connectivity index (χ1v) is 27.0. The molecule has 352 valence electrons. The minimum absolute atomic E-state index is 0.0125. The van der Waals surface area contributed by atoms with Crippen molar-refractivity contribution in [3.63, 3.8) is 0 Å². The minimum Gasteiger partial charge on any atom is -0.465 e. The van der Waals surface area contributed by atoms with Crippen molar-refractivity contribution in [3.05, 3.63) is 0 Å². The number of hydrogen-bond acceptors (Lipinski definition) is 4. The smallest absolute Gasteiger partial charge is 0.305 e. The summed E-state index contributed by atoms with van der Waals surface area (Å²) in [6, 6.07) is 0.400. The van der Waals surface area contributed by atoms with Crippen LogP contribution in [0.1, 0.15) is 291 Å². The van der Waals surface area contributed by atoms with Gasteiger partial charge in [-0.05, 0) is 77.9 Å². The van der Waals surface area contributed by atoms with Gasteiger partial charge in [-0.3, -0.25) is 9.59 Å². The third kappa shape index (κ3) is 40.7. The summed E-state index contributed by atoms with van der Waals surface area (Å²) < 4.78 is 5.78. The van der Waals surface area contributed by atoms with Crippen LogP contribution in [0.15, 0.2) is 0 Å². The zero-order chi connectivity index (χ0) is 43.3. The molecule has 2 atom stereocenters. The molecule has 59 heavy (non-hydrogen) atoms. The monoisotopic (exact) mass is 833 g/mol. The van der Waals surface area contributed by atoms with Crippen LogP contribution in [0.25, 0.3) is 0 Å². The lowest BCUT2D eigenvalue weighted by Gasteiger charge is -2.33. The molecule has 0 aromatic heterocycles. The SMILES string of the molecule is CCCCCCCCCCCCCCCCN(C(=O)CCCCN(C)C)C(CCCCCCCCC)CCCCCCCCC(=O)OCC(CCCC)CCCCCC. The van der Waals surface area contributed by atoms with Gasteiger partial charge in [0, 0.05) is 25.4 Å². The summed E-state index contributed by atoms with van der Waals surface area (Å²) >= 11 is 0. The second-order valence-corrected chi connectivity index (χ2v) is 19.2. The highest BCUT2D eigenvalue weighted by atomic mass is 16.5. The standard InChI is InChI=1S/C54H108N2O3/c1-7-11-15-18-20-21-22-23-24-25-26-30-34-40-49-56(53(57)46-39-41-48-55(5)6)52(44-36-31-27-19-16-12-8-2)45-37-32-28-29-33-38-47-54(58)59-50-51(42-14-10-4)43-35-17-13-9-3/h51-52H,7-50H2,1-6H3. The molecule has 0 saturated heterocycles. The fourth-order valence-electron chi connectivity index (χ4n) is 8.93. The van der Waals surface area contributed by atoms with Crippen molar-refractivity contribution in [2.45, 2.75) is 297 Å². The van der Waals surface area contributed by atoms with Crippen LogP contribution < -0.4 is 0 Å². The molecule has 0 saturated carbocycles. The Bertz CT molecular complexity index is 863. The van der Waals surface area contributed by atoms with Gasteiger partial charge in [-0.25, -0.2) is 0 Å². The van der Waals surface area contributed by atoms with Crippen LogP contribution in [0.4, 0.5) is 0 Å². The van der Waals surface area contributed by atoms with Crippen LogP contribution in [-0.4, -0.2) is 61.5 Å². The molecule has 5 heteroatoms. The zero-order valence-corrected chi connectivity index (χ0v) is 41.4. The Morgan fingerprint density at radius 1 is 0.390 bits per heavy atom. The van der Waals surface area contributed by atoms with Crippen molar-refractivity contribution in [3.8, 4) is 0 Å². The third-order valence-corrected chi connectivity index (χ3v) is 13.0. The molecular weight excluding hydrogens is 725 g/mol. The number of amides is 1. The van der Waals surface area contributed by atoms with E-state index in [0.717, 1.165) is 51.6 Å². The van der Waals surface area contributed by atoms with Crippen LogP contribution in [-0.2, 0) is 14.3 Å². The molecule has 0 spiro atoms. The number of carbonyl (C=O) groups excluding carboxylic acids is 2. The molecule has 0 radical (unpaired) electrons. The van der Waals surface area contributed by atoms with Crippen LogP contribution in [0.5, 0.6) is 0 Å². The first-order valence-electron chi connectivity index (χ1n) is 27.0. The number of ether oxygens (including phenoxy) is 1. The highest BCUT2D eigenvalue weighted by Gasteiger charge is 2.23. The van der Waals surface area contributed by atoms with Gasteiger partial charge in [0.2, 0.25) is 5.91 Å². The number of carbonyl (C=O) groups is 2. The van der Waals surface area contributed by atoms with E-state index in [1.807, 2.05) is 0 Å². The van der Waals surface area contributed by atoms with E-state index in [0.29, 0.717) is 37.3 Å². The summed E-state index contributed by atoms with van der Waals surface area (Å²) in [5, 5.41) is 0. The lowest BCUT2D eigenvalue weighted by atomic mass is 9.96. The quantitative estimate of drug-likeness (QED) is 0.0453. The Kier molecular flexibility index (Phi) is 45.5. The molecule has 5 nitrogen and oxygen atoms in total. The minimum atomic E-state index is 0.0125. The predicted octanol–water partition coefficient (Wildman–Crippen LogP) is 17.0. The summed E-state index contributed by atoms with van der Waals surface area (Å²) in [5.74, 6) is 0.976. The zero-order valence-electron chi connectivity index (χ0n) is 41.4. The molecule has 1 amide bonds. The highest BCUT2D eigenvalue weighted by molar-refractivity contribution is 5.76. The second kappa shape index (κ2) is 46.4. The van der Waals surface area contributed by atoms with E-state index in [4.69, 9.17) is 4.74 Å². The molecule has 0 aliphatic carbocycles. The highest BCUT2D eigenvalue weighted by Crippen LogP contribution is 2.23.